The van der Waals surface area contributed by atoms with E-state index in [2.05, 4.69) is 30.7 Å². The highest BCUT2D eigenvalue weighted by molar-refractivity contribution is 7.92. The highest BCUT2D eigenvalue weighted by Crippen LogP contribution is 2.33. The predicted octanol–water partition coefficient (Wildman–Crippen LogP) is 6.34. The van der Waals surface area contributed by atoms with Crippen LogP contribution >= 0.6 is 22.9 Å². The molecule has 170 valence electrons. The van der Waals surface area contributed by atoms with E-state index in [9.17, 15) is 12.8 Å². The van der Waals surface area contributed by atoms with Crippen LogP contribution in [0.1, 0.15) is 39.2 Å². The van der Waals surface area contributed by atoms with Crippen molar-refractivity contribution in [2.75, 3.05) is 18.0 Å². The number of halogens is 2. The molecule has 1 fully saturated rings. The van der Waals surface area contributed by atoms with Crippen molar-refractivity contribution in [2.24, 2.45) is 0 Å². The molecule has 1 saturated heterocycles. The van der Waals surface area contributed by atoms with Crippen molar-refractivity contribution >= 4 is 37.9 Å². The zero-order valence-corrected chi connectivity index (χ0v) is 20.7. The Hall–Kier alpha value is -1.96. The Morgan fingerprint density at radius 2 is 1.75 bits per heavy atom. The van der Waals surface area contributed by atoms with Gasteiger partial charge in [-0.25, -0.2) is 17.8 Å². The molecule has 4 nitrogen and oxygen atoms in total. The lowest BCUT2D eigenvalue weighted by Crippen LogP contribution is -2.39. The summed E-state index contributed by atoms with van der Waals surface area (Å²) in [7, 11) is -3.37. The number of sulfone groups is 1. The monoisotopic (exact) mass is 492 g/mol. The van der Waals surface area contributed by atoms with Crippen LogP contribution in [0.2, 0.25) is 5.02 Å². The van der Waals surface area contributed by atoms with Crippen molar-refractivity contribution in [3.63, 3.8) is 0 Å². The fourth-order valence-electron chi connectivity index (χ4n) is 3.89. The first kappa shape index (κ1) is 23.2. The molecule has 1 aliphatic heterocycles. The fourth-order valence-corrected chi connectivity index (χ4v) is 6.63. The minimum atomic E-state index is -3.37. The number of nitrogens with zero attached hydrogens (tertiary/aromatic N) is 2. The average molecular weight is 493 g/mol. The number of thiazole rings is 1. The molecule has 0 amide bonds. The first-order valence-corrected chi connectivity index (χ1v) is 13.4. The molecule has 0 unspecified atom stereocenters. The van der Waals surface area contributed by atoms with E-state index in [0.717, 1.165) is 10.7 Å². The van der Waals surface area contributed by atoms with Crippen LogP contribution in [0.15, 0.2) is 52.7 Å². The first-order chi connectivity index (χ1) is 15.1. The largest absolute Gasteiger partial charge is 0.348 e. The summed E-state index contributed by atoms with van der Waals surface area (Å²) in [4.78, 5) is 7.14. The van der Waals surface area contributed by atoms with Gasteiger partial charge in [0.1, 0.15) is 5.82 Å². The number of hydrogen-bond donors (Lipinski definition) is 0. The second-order valence-electron chi connectivity index (χ2n) is 9.15. The summed E-state index contributed by atoms with van der Waals surface area (Å²) in [6, 6.07) is 12.0. The van der Waals surface area contributed by atoms with Crippen molar-refractivity contribution in [2.45, 2.75) is 49.2 Å². The summed E-state index contributed by atoms with van der Waals surface area (Å²) >= 11 is 7.25. The maximum Gasteiger partial charge on any atom is 0.185 e. The normalized spacial score (nSPS) is 15.8. The van der Waals surface area contributed by atoms with E-state index in [0.29, 0.717) is 42.1 Å². The molecule has 0 bridgehead atoms. The number of piperidine rings is 1. The average Bonchev–Trinajstić information content (AvgIpc) is 3.25. The highest BCUT2D eigenvalue weighted by Gasteiger charge is 2.32. The Labute approximate surface area is 198 Å². The molecule has 2 heterocycles. The summed E-state index contributed by atoms with van der Waals surface area (Å²) in [5, 5.41) is 2.39. The number of hydrogen-bond acceptors (Lipinski definition) is 5. The zero-order chi connectivity index (χ0) is 23.1. The van der Waals surface area contributed by atoms with Gasteiger partial charge in [0.25, 0.3) is 0 Å². The molecule has 8 heteroatoms. The standard InChI is InChI=1S/C24H26ClFN2O2S2/c1-24(2,3)17-5-7-18(8-6-17)32(29,30)19-10-12-28(13-11-19)23-27-22(15-31-23)16-4-9-20(25)21(26)14-16/h4-9,14-15,19H,10-13H2,1-3H3. The van der Waals surface area contributed by atoms with Gasteiger partial charge in [-0.2, -0.15) is 0 Å². The van der Waals surface area contributed by atoms with Crippen molar-refractivity contribution in [1.29, 1.82) is 0 Å². The van der Waals surface area contributed by atoms with Crippen molar-refractivity contribution in [3.8, 4) is 11.3 Å². The molecule has 0 N–H and O–H groups in total. The predicted molar refractivity (Wildman–Crippen MR) is 130 cm³/mol. The smallest absolute Gasteiger partial charge is 0.185 e. The van der Waals surface area contributed by atoms with Crippen LogP contribution in [-0.4, -0.2) is 31.7 Å². The maximum absolute atomic E-state index is 13.8. The van der Waals surface area contributed by atoms with Gasteiger partial charge in [0.2, 0.25) is 0 Å². The molecule has 0 aliphatic carbocycles. The van der Waals surface area contributed by atoms with Gasteiger partial charge in [-0.1, -0.05) is 50.6 Å². The van der Waals surface area contributed by atoms with Gasteiger partial charge in [-0.15, -0.1) is 11.3 Å². The van der Waals surface area contributed by atoms with E-state index in [1.54, 1.807) is 18.2 Å². The summed E-state index contributed by atoms with van der Waals surface area (Å²) in [6.07, 6.45) is 1.10. The minimum absolute atomic E-state index is 0.0159. The second kappa shape index (κ2) is 8.76. The van der Waals surface area contributed by atoms with Gasteiger partial charge in [0.15, 0.2) is 15.0 Å². The van der Waals surface area contributed by atoms with Crippen LogP contribution in [0.4, 0.5) is 9.52 Å². The van der Waals surface area contributed by atoms with Crippen LogP contribution in [0.25, 0.3) is 11.3 Å². The van der Waals surface area contributed by atoms with Gasteiger partial charge < -0.3 is 4.90 Å². The van der Waals surface area contributed by atoms with Gasteiger partial charge in [-0.3, -0.25) is 0 Å². The Bertz CT molecular complexity index is 1210. The van der Waals surface area contributed by atoms with E-state index in [-0.39, 0.29) is 10.4 Å². The molecule has 32 heavy (non-hydrogen) atoms. The zero-order valence-electron chi connectivity index (χ0n) is 18.3. The summed E-state index contributed by atoms with van der Waals surface area (Å²) in [5.74, 6) is -0.472. The van der Waals surface area contributed by atoms with Crippen molar-refractivity contribution < 1.29 is 12.8 Å². The topological polar surface area (TPSA) is 50.3 Å². The molecular formula is C24H26ClFN2O2S2. The highest BCUT2D eigenvalue weighted by atomic mass is 35.5. The third-order valence-electron chi connectivity index (χ3n) is 5.91. The Morgan fingerprint density at radius 3 is 2.34 bits per heavy atom. The molecule has 0 saturated carbocycles. The van der Waals surface area contributed by atoms with E-state index >= 15 is 0 Å². The van der Waals surface area contributed by atoms with Gasteiger partial charge >= 0.3 is 0 Å². The number of benzene rings is 2. The SMILES string of the molecule is CC(C)(C)c1ccc(S(=O)(=O)C2CCN(c3nc(-c4ccc(Cl)c(F)c4)cs3)CC2)cc1. The molecule has 0 spiro atoms. The summed E-state index contributed by atoms with van der Waals surface area (Å²) in [6.45, 7) is 7.57. The Kier molecular flexibility index (Phi) is 6.36. The summed E-state index contributed by atoms with van der Waals surface area (Å²) in [5.41, 5.74) is 2.46. The molecule has 0 radical (unpaired) electrons. The van der Waals surface area contributed by atoms with Gasteiger partial charge in [0.05, 0.1) is 20.9 Å². The van der Waals surface area contributed by atoms with E-state index in [4.69, 9.17) is 11.6 Å². The number of rotatable bonds is 4. The van der Waals surface area contributed by atoms with E-state index < -0.39 is 20.9 Å². The molecule has 3 aromatic rings. The van der Waals surface area contributed by atoms with E-state index in [1.807, 2.05) is 17.5 Å². The fraction of sp³-hybridized carbons (Fsp3) is 0.375. The third kappa shape index (κ3) is 4.70. The van der Waals surface area contributed by atoms with E-state index in [1.165, 1.54) is 23.5 Å². The Balaban J connectivity index is 1.44. The maximum atomic E-state index is 13.8. The van der Waals surface area contributed by atoms with Gasteiger partial charge in [0, 0.05) is 24.0 Å². The molecule has 4 rings (SSSR count). The lowest BCUT2D eigenvalue weighted by atomic mass is 9.87. The van der Waals surface area contributed by atoms with Crippen LogP contribution in [-0.2, 0) is 15.3 Å². The van der Waals surface area contributed by atoms with Crippen LogP contribution in [0, 0.1) is 5.82 Å². The third-order valence-corrected chi connectivity index (χ3v) is 9.39. The van der Waals surface area contributed by atoms with Crippen molar-refractivity contribution in [3.05, 3.63) is 64.2 Å². The molecular weight excluding hydrogens is 467 g/mol. The minimum Gasteiger partial charge on any atom is -0.348 e. The lowest BCUT2D eigenvalue weighted by molar-refractivity contribution is 0.529. The number of aromatic nitrogens is 1. The molecule has 1 aromatic heterocycles. The molecule has 0 atom stereocenters. The van der Waals surface area contributed by atoms with Crippen LogP contribution in [0.3, 0.4) is 0 Å². The van der Waals surface area contributed by atoms with Crippen LogP contribution < -0.4 is 4.90 Å². The molecule has 2 aromatic carbocycles. The quantitative estimate of drug-likeness (QED) is 0.426. The summed E-state index contributed by atoms with van der Waals surface area (Å²) < 4.78 is 40.1. The van der Waals surface area contributed by atoms with Crippen LogP contribution in [0.5, 0.6) is 0 Å². The number of anilines is 1. The molecule has 1 aliphatic rings. The lowest BCUT2D eigenvalue weighted by Gasteiger charge is -2.31. The van der Waals surface area contributed by atoms with Gasteiger partial charge in [-0.05, 0) is 48.1 Å². The second-order valence-corrected chi connectivity index (χ2v) is 12.6. The Morgan fingerprint density at radius 1 is 1.09 bits per heavy atom. The first-order valence-electron chi connectivity index (χ1n) is 10.6. The van der Waals surface area contributed by atoms with Crippen molar-refractivity contribution in [1.82, 2.24) is 4.98 Å².